The zero-order valence-electron chi connectivity index (χ0n) is 8.19. The summed E-state index contributed by atoms with van der Waals surface area (Å²) in [7, 11) is 1.52. The molecule has 1 amide bonds. The second-order valence-corrected chi connectivity index (χ2v) is 3.46. The molecule has 1 unspecified atom stereocenters. The molecule has 0 spiro atoms. The van der Waals surface area contributed by atoms with Crippen molar-refractivity contribution in [1.82, 2.24) is 4.90 Å². The molecule has 0 aromatic carbocycles. The van der Waals surface area contributed by atoms with E-state index in [0.717, 1.165) is 19.4 Å². The van der Waals surface area contributed by atoms with Crippen molar-refractivity contribution < 1.29 is 14.6 Å². The molecule has 0 aromatic rings. The van der Waals surface area contributed by atoms with Gasteiger partial charge in [0.1, 0.15) is 6.10 Å². The van der Waals surface area contributed by atoms with Crippen molar-refractivity contribution in [2.75, 3.05) is 20.2 Å². The average molecular weight is 187 g/mol. The largest absolute Gasteiger partial charge is 0.391 e. The van der Waals surface area contributed by atoms with Gasteiger partial charge in [-0.15, -0.1) is 0 Å². The van der Waals surface area contributed by atoms with E-state index in [1.807, 2.05) is 0 Å². The number of aliphatic hydroxyl groups excluding tert-OH is 1. The highest BCUT2D eigenvalue weighted by Gasteiger charge is 2.25. The number of likely N-dealkylation sites (tertiary alicyclic amines) is 1. The summed E-state index contributed by atoms with van der Waals surface area (Å²) in [6.45, 7) is 2.92. The Bertz CT molecular complexity index is 184. The molecule has 2 atom stereocenters. The van der Waals surface area contributed by atoms with E-state index in [1.165, 1.54) is 7.11 Å². The van der Waals surface area contributed by atoms with Crippen molar-refractivity contribution in [2.45, 2.75) is 32.0 Å². The van der Waals surface area contributed by atoms with Crippen LogP contribution in [0.15, 0.2) is 0 Å². The number of piperidine rings is 1. The topological polar surface area (TPSA) is 49.8 Å². The summed E-state index contributed by atoms with van der Waals surface area (Å²) in [5, 5.41) is 9.35. The summed E-state index contributed by atoms with van der Waals surface area (Å²) >= 11 is 0. The van der Waals surface area contributed by atoms with Gasteiger partial charge in [-0.3, -0.25) is 4.79 Å². The van der Waals surface area contributed by atoms with E-state index < -0.39 is 6.10 Å². The lowest BCUT2D eigenvalue weighted by atomic mass is 10.1. The van der Waals surface area contributed by atoms with Gasteiger partial charge < -0.3 is 14.7 Å². The number of carbonyl (C=O) groups is 1. The van der Waals surface area contributed by atoms with Crippen LogP contribution in [-0.4, -0.2) is 48.3 Å². The van der Waals surface area contributed by atoms with Gasteiger partial charge in [-0.05, 0) is 19.8 Å². The fraction of sp³-hybridized carbons (Fsp3) is 0.889. The molecule has 4 heteroatoms. The number of β-amino-alcohol motifs (C(OH)–C–C–N with tert-alkyl or cyclic N) is 1. The summed E-state index contributed by atoms with van der Waals surface area (Å²) < 4.78 is 4.93. The molecule has 1 aliphatic rings. The first-order valence-electron chi connectivity index (χ1n) is 4.64. The van der Waals surface area contributed by atoms with Gasteiger partial charge in [0.25, 0.3) is 5.91 Å². The number of methoxy groups -OCH3 is 1. The predicted octanol–water partition coefficient (Wildman–Crippen LogP) is 0.00460. The van der Waals surface area contributed by atoms with Crippen LogP contribution in [0.2, 0.25) is 0 Å². The molecule has 1 fully saturated rings. The van der Waals surface area contributed by atoms with E-state index in [9.17, 15) is 9.90 Å². The highest BCUT2D eigenvalue weighted by atomic mass is 16.5. The lowest BCUT2D eigenvalue weighted by Gasteiger charge is -2.31. The Kier molecular flexibility index (Phi) is 3.69. The third-order valence-electron chi connectivity index (χ3n) is 2.41. The Labute approximate surface area is 78.5 Å². The first-order chi connectivity index (χ1) is 6.15. The summed E-state index contributed by atoms with van der Waals surface area (Å²) in [5.74, 6) is -0.0266. The molecule has 4 nitrogen and oxygen atoms in total. The number of amides is 1. The second kappa shape index (κ2) is 4.58. The lowest BCUT2D eigenvalue weighted by molar-refractivity contribution is -0.143. The van der Waals surface area contributed by atoms with Crippen molar-refractivity contribution in [2.24, 2.45) is 0 Å². The monoisotopic (exact) mass is 187 g/mol. The smallest absolute Gasteiger partial charge is 0.251 e. The van der Waals surface area contributed by atoms with E-state index in [2.05, 4.69) is 0 Å². The first-order valence-corrected chi connectivity index (χ1v) is 4.64. The molecule has 1 rings (SSSR count). The van der Waals surface area contributed by atoms with Crippen LogP contribution < -0.4 is 0 Å². The van der Waals surface area contributed by atoms with E-state index in [4.69, 9.17) is 4.74 Å². The lowest BCUT2D eigenvalue weighted by Crippen LogP contribution is -2.46. The third-order valence-corrected chi connectivity index (χ3v) is 2.41. The minimum absolute atomic E-state index is 0.0266. The maximum absolute atomic E-state index is 11.6. The van der Waals surface area contributed by atoms with Gasteiger partial charge in [0, 0.05) is 20.2 Å². The van der Waals surface area contributed by atoms with Crippen LogP contribution in [-0.2, 0) is 9.53 Å². The zero-order chi connectivity index (χ0) is 9.84. The Morgan fingerprint density at radius 3 is 2.92 bits per heavy atom. The molecule has 1 heterocycles. The number of aliphatic hydroxyl groups is 1. The van der Waals surface area contributed by atoms with Crippen molar-refractivity contribution in [3.8, 4) is 0 Å². The summed E-state index contributed by atoms with van der Waals surface area (Å²) in [4.78, 5) is 13.2. The highest BCUT2D eigenvalue weighted by Crippen LogP contribution is 2.11. The number of hydrogen-bond donors (Lipinski definition) is 1. The van der Waals surface area contributed by atoms with E-state index in [0.29, 0.717) is 6.54 Å². The fourth-order valence-corrected chi connectivity index (χ4v) is 1.51. The van der Waals surface area contributed by atoms with Gasteiger partial charge >= 0.3 is 0 Å². The standard InChI is InChI=1S/C9H17NO3/c1-7(13-2)9(12)10-5-3-4-8(11)6-10/h7-8,11H,3-6H2,1-2H3/t7?,8-/m0/s1. The molecule has 0 aliphatic carbocycles. The Hall–Kier alpha value is -0.610. The third kappa shape index (κ3) is 2.67. The molecule has 13 heavy (non-hydrogen) atoms. The molecule has 0 bridgehead atoms. The van der Waals surface area contributed by atoms with Gasteiger partial charge in [-0.25, -0.2) is 0 Å². The molecular weight excluding hydrogens is 170 g/mol. The normalized spacial score (nSPS) is 25.8. The second-order valence-electron chi connectivity index (χ2n) is 3.46. The molecule has 1 aliphatic heterocycles. The number of hydrogen-bond acceptors (Lipinski definition) is 3. The van der Waals surface area contributed by atoms with Crippen molar-refractivity contribution in [1.29, 1.82) is 0 Å². The van der Waals surface area contributed by atoms with Crippen molar-refractivity contribution >= 4 is 5.91 Å². The quantitative estimate of drug-likeness (QED) is 0.662. The van der Waals surface area contributed by atoms with Gasteiger partial charge in [-0.1, -0.05) is 0 Å². The van der Waals surface area contributed by atoms with E-state index in [1.54, 1.807) is 11.8 Å². The maximum atomic E-state index is 11.6. The minimum Gasteiger partial charge on any atom is -0.391 e. The van der Waals surface area contributed by atoms with Crippen molar-refractivity contribution in [3.05, 3.63) is 0 Å². The molecule has 0 aromatic heterocycles. The van der Waals surface area contributed by atoms with E-state index in [-0.39, 0.29) is 12.0 Å². The van der Waals surface area contributed by atoms with Gasteiger partial charge in [0.05, 0.1) is 6.10 Å². The number of carbonyl (C=O) groups excluding carboxylic acids is 1. The van der Waals surface area contributed by atoms with Crippen LogP contribution in [0.5, 0.6) is 0 Å². The molecule has 0 radical (unpaired) electrons. The zero-order valence-corrected chi connectivity index (χ0v) is 8.19. The maximum Gasteiger partial charge on any atom is 0.251 e. The molecular formula is C9H17NO3. The summed E-state index contributed by atoms with van der Waals surface area (Å²) in [6, 6.07) is 0. The number of ether oxygens (including phenoxy) is 1. The molecule has 1 saturated heterocycles. The van der Waals surface area contributed by atoms with Gasteiger partial charge in [0.2, 0.25) is 0 Å². The number of rotatable bonds is 2. The van der Waals surface area contributed by atoms with Crippen LogP contribution in [0.1, 0.15) is 19.8 Å². The molecule has 1 N–H and O–H groups in total. The van der Waals surface area contributed by atoms with Crippen LogP contribution in [0.4, 0.5) is 0 Å². The van der Waals surface area contributed by atoms with Crippen molar-refractivity contribution in [3.63, 3.8) is 0 Å². The molecule has 0 saturated carbocycles. The van der Waals surface area contributed by atoms with E-state index >= 15 is 0 Å². The van der Waals surface area contributed by atoms with Crippen LogP contribution in [0.25, 0.3) is 0 Å². The summed E-state index contributed by atoms with van der Waals surface area (Å²) in [5.41, 5.74) is 0. The Morgan fingerprint density at radius 2 is 2.38 bits per heavy atom. The highest BCUT2D eigenvalue weighted by molar-refractivity contribution is 5.80. The van der Waals surface area contributed by atoms with Gasteiger partial charge in [0.15, 0.2) is 0 Å². The van der Waals surface area contributed by atoms with Crippen LogP contribution >= 0.6 is 0 Å². The summed E-state index contributed by atoms with van der Waals surface area (Å²) in [6.07, 6.45) is 0.918. The Morgan fingerprint density at radius 1 is 1.69 bits per heavy atom. The van der Waals surface area contributed by atoms with Crippen LogP contribution in [0.3, 0.4) is 0 Å². The number of nitrogens with zero attached hydrogens (tertiary/aromatic N) is 1. The average Bonchev–Trinajstić information content (AvgIpc) is 2.15. The van der Waals surface area contributed by atoms with Crippen LogP contribution in [0, 0.1) is 0 Å². The predicted molar refractivity (Wildman–Crippen MR) is 48.3 cm³/mol. The fourth-order valence-electron chi connectivity index (χ4n) is 1.51. The Balaban J connectivity index is 2.46. The SMILES string of the molecule is COC(C)C(=O)N1CCC[C@H](O)C1. The minimum atomic E-state index is -0.398. The first kappa shape index (κ1) is 10.5. The van der Waals surface area contributed by atoms with Gasteiger partial charge in [-0.2, -0.15) is 0 Å². The molecule has 76 valence electrons.